The zero-order chi connectivity index (χ0) is 8.97. The molecule has 0 N–H and O–H groups in total. The summed E-state index contributed by atoms with van der Waals surface area (Å²) in [5.74, 6) is -0.643. The Labute approximate surface area is 69.9 Å². The van der Waals surface area contributed by atoms with Crippen molar-refractivity contribution in [1.29, 1.82) is 0 Å². The van der Waals surface area contributed by atoms with Gasteiger partial charge in [0.2, 0.25) is 0 Å². The summed E-state index contributed by atoms with van der Waals surface area (Å²) in [6, 6.07) is 5.89. The highest BCUT2D eigenvalue weighted by Crippen LogP contribution is 2.11. The van der Waals surface area contributed by atoms with Crippen molar-refractivity contribution >= 4 is 5.97 Å². The van der Waals surface area contributed by atoms with Crippen LogP contribution < -0.4 is 9.84 Å². The third-order valence-corrected chi connectivity index (χ3v) is 1.31. The number of ether oxygens (including phenoxy) is 1. The van der Waals surface area contributed by atoms with Crippen LogP contribution in [0.15, 0.2) is 37.1 Å². The molecule has 0 saturated carbocycles. The summed E-state index contributed by atoms with van der Waals surface area (Å²) in [6.07, 6.45) is 1.27. The lowest BCUT2D eigenvalue weighted by Gasteiger charge is -2.02. The van der Waals surface area contributed by atoms with Crippen LogP contribution >= 0.6 is 0 Å². The van der Waals surface area contributed by atoms with E-state index >= 15 is 0 Å². The first-order chi connectivity index (χ1) is 5.74. The Kier molecular flexibility index (Phi) is 2.48. The van der Waals surface area contributed by atoms with E-state index in [-0.39, 0.29) is 5.56 Å². The number of carboxylic acids is 1. The normalized spacial score (nSPS) is 9.00. The third kappa shape index (κ3) is 1.85. The lowest BCUT2D eigenvalue weighted by Crippen LogP contribution is -2.21. The Morgan fingerprint density at radius 2 is 2.00 bits per heavy atom. The van der Waals surface area contributed by atoms with Crippen molar-refractivity contribution in [2.75, 3.05) is 0 Å². The van der Waals surface area contributed by atoms with E-state index in [2.05, 4.69) is 6.58 Å². The topological polar surface area (TPSA) is 49.4 Å². The molecule has 0 heterocycles. The van der Waals surface area contributed by atoms with E-state index in [9.17, 15) is 9.90 Å². The molecule has 0 aliphatic heterocycles. The number of carbonyl (C=O) groups excluding carboxylic acids is 1. The second kappa shape index (κ2) is 3.57. The second-order valence-corrected chi connectivity index (χ2v) is 2.10. The largest absolute Gasteiger partial charge is 0.545 e. The maximum atomic E-state index is 10.3. The molecule has 1 aromatic carbocycles. The molecule has 1 aromatic rings. The monoisotopic (exact) mass is 163 g/mol. The first-order valence-electron chi connectivity index (χ1n) is 3.33. The molecule has 3 nitrogen and oxygen atoms in total. The molecule has 0 aliphatic rings. The maximum Gasteiger partial charge on any atom is 0.126 e. The Morgan fingerprint density at radius 1 is 1.42 bits per heavy atom. The molecule has 3 heteroatoms. The molecular formula is C9H7O3-. The molecule has 1 rings (SSSR count). The molecule has 0 fully saturated rings. The van der Waals surface area contributed by atoms with Crippen molar-refractivity contribution in [3.63, 3.8) is 0 Å². The smallest absolute Gasteiger partial charge is 0.126 e. The van der Waals surface area contributed by atoms with E-state index in [0.29, 0.717) is 5.75 Å². The number of benzene rings is 1. The summed E-state index contributed by atoms with van der Waals surface area (Å²) in [7, 11) is 0. The molecule has 0 atom stereocenters. The van der Waals surface area contributed by atoms with Gasteiger partial charge in [-0.15, -0.1) is 0 Å². The minimum Gasteiger partial charge on any atom is -0.545 e. The number of rotatable bonds is 3. The SMILES string of the molecule is C=COc1ccc(C(=O)[O-])cc1. The fourth-order valence-corrected chi connectivity index (χ4v) is 0.766. The number of aromatic carboxylic acids is 1. The van der Waals surface area contributed by atoms with Crippen molar-refractivity contribution in [1.82, 2.24) is 0 Å². The van der Waals surface area contributed by atoms with Gasteiger partial charge < -0.3 is 14.6 Å². The van der Waals surface area contributed by atoms with Crippen LogP contribution in [0.2, 0.25) is 0 Å². The first kappa shape index (κ1) is 8.33. The average Bonchev–Trinajstić information content (AvgIpc) is 2.06. The Balaban J connectivity index is 2.85. The summed E-state index contributed by atoms with van der Waals surface area (Å²) >= 11 is 0. The van der Waals surface area contributed by atoms with Crippen LogP contribution in [0.4, 0.5) is 0 Å². The van der Waals surface area contributed by atoms with Crippen LogP contribution in [0, 0.1) is 0 Å². The van der Waals surface area contributed by atoms with Gasteiger partial charge in [0.15, 0.2) is 0 Å². The molecule has 0 saturated heterocycles. The zero-order valence-electron chi connectivity index (χ0n) is 6.32. The minimum absolute atomic E-state index is 0.131. The van der Waals surface area contributed by atoms with E-state index in [1.807, 2.05) is 0 Å². The van der Waals surface area contributed by atoms with Gasteiger partial charge in [-0.3, -0.25) is 0 Å². The molecule has 0 bridgehead atoms. The molecule has 0 spiro atoms. The highest BCUT2D eigenvalue weighted by Gasteiger charge is 1.93. The Hall–Kier alpha value is -1.77. The molecule has 0 unspecified atom stereocenters. The predicted molar refractivity (Wildman–Crippen MR) is 41.6 cm³/mol. The van der Waals surface area contributed by atoms with Gasteiger partial charge in [0.1, 0.15) is 5.75 Å². The van der Waals surface area contributed by atoms with Crippen LogP contribution in [0.1, 0.15) is 10.4 Å². The fraction of sp³-hybridized carbons (Fsp3) is 0. The van der Waals surface area contributed by atoms with E-state index in [0.717, 1.165) is 0 Å². The predicted octanol–water partition coefficient (Wildman–Crippen LogP) is 0.572. The van der Waals surface area contributed by atoms with Crippen LogP contribution in [0.25, 0.3) is 0 Å². The fourth-order valence-electron chi connectivity index (χ4n) is 0.766. The molecule has 0 amide bonds. The van der Waals surface area contributed by atoms with Crippen molar-refractivity contribution in [2.45, 2.75) is 0 Å². The number of carbonyl (C=O) groups is 1. The van der Waals surface area contributed by atoms with Crippen molar-refractivity contribution in [2.24, 2.45) is 0 Å². The molecule has 0 radical (unpaired) electrons. The van der Waals surface area contributed by atoms with Gasteiger partial charge in [-0.25, -0.2) is 0 Å². The summed E-state index contributed by atoms with van der Waals surface area (Å²) < 4.78 is 4.89. The molecule has 12 heavy (non-hydrogen) atoms. The molecule has 62 valence electrons. The number of hydrogen-bond donors (Lipinski definition) is 0. The van der Waals surface area contributed by atoms with Gasteiger partial charge in [-0.2, -0.15) is 0 Å². The first-order valence-corrected chi connectivity index (χ1v) is 3.33. The van der Waals surface area contributed by atoms with Crippen LogP contribution in [0.5, 0.6) is 5.75 Å². The maximum absolute atomic E-state index is 10.3. The second-order valence-electron chi connectivity index (χ2n) is 2.10. The third-order valence-electron chi connectivity index (χ3n) is 1.31. The molecule has 0 aromatic heterocycles. The van der Waals surface area contributed by atoms with Gasteiger partial charge in [0, 0.05) is 0 Å². The number of carboxylic acid groups (broad SMARTS) is 1. The summed E-state index contributed by atoms with van der Waals surface area (Å²) in [4.78, 5) is 10.3. The quantitative estimate of drug-likeness (QED) is 0.612. The van der Waals surface area contributed by atoms with Crippen molar-refractivity contribution < 1.29 is 14.6 Å². The summed E-state index contributed by atoms with van der Waals surface area (Å²) in [5, 5.41) is 10.3. The molecular weight excluding hydrogens is 156 g/mol. The van der Waals surface area contributed by atoms with Gasteiger partial charge in [-0.1, -0.05) is 6.58 Å². The molecule has 0 aliphatic carbocycles. The summed E-state index contributed by atoms with van der Waals surface area (Å²) in [5.41, 5.74) is 0.131. The van der Waals surface area contributed by atoms with Gasteiger partial charge in [-0.05, 0) is 29.8 Å². The van der Waals surface area contributed by atoms with E-state index < -0.39 is 5.97 Å². The van der Waals surface area contributed by atoms with Crippen molar-refractivity contribution in [3.05, 3.63) is 42.7 Å². The summed E-state index contributed by atoms with van der Waals surface area (Å²) in [6.45, 7) is 3.36. The minimum atomic E-state index is -1.19. The Morgan fingerprint density at radius 3 is 2.42 bits per heavy atom. The van der Waals surface area contributed by atoms with Gasteiger partial charge in [0.25, 0.3) is 0 Å². The van der Waals surface area contributed by atoms with Gasteiger partial charge in [0.05, 0.1) is 12.2 Å². The lowest BCUT2D eigenvalue weighted by atomic mass is 10.2. The van der Waals surface area contributed by atoms with E-state index in [1.165, 1.54) is 30.5 Å². The highest BCUT2D eigenvalue weighted by atomic mass is 16.5. The van der Waals surface area contributed by atoms with Crippen molar-refractivity contribution in [3.8, 4) is 5.75 Å². The van der Waals surface area contributed by atoms with E-state index in [1.54, 1.807) is 0 Å². The van der Waals surface area contributed by atoms with E-state index in [4.69, 9.17) is 4.74 Å². The van der Waals surface area contributed by atoms with Crippen LogP contribution in [-0.4, -0.2) is 5.97 Å². The Bertz CT molecular complexity index is 287. The lowest BCUT2D eigenvalue weighted by molar-refractivity contribution is -0.255. The standard InChI is InChI=1S/C9H8O3/c1-2-12-8-5-3-7(4-6-8)9(10)11/h2-6H,1H2,(H,10,11)/p-1. The number of hydrogen-bond acceptors (Lipinski definition) is 3. The van der Waals surface area contributed by atoms with Crippen LogP contribution in [-0.2, 0) is 0 Å². The van der Waals surface area contributed by atoms with Crippen LogP contribution in [0.3, 0.4) is 0 Å². The average molecular weight is 163 g/mol. The zero-order valence-corrected chi connectivity index (χ0v) is 6.32. The van der Waals surface area contributed by atoms with Gasteiger partial charge >= 0.3 is 0 Å². The highest BCUT2D eigenvalue weighted by molar-refractivity contribution is 5.85.